The van der Waals surface area contributed by atoms with Crippen LogP contribution in [0.4, 0.5) is 0 Å². The minimum Gasteiger partial charge on any atom is -0.496 e. The molecule has 6 nitrogen and oxygen atoms in total. The van der Waals surface area contributed by atoms with E-state index in [-0.39, 0.29) is 11.3 Å². The van der Waals surface area contributed by atoms with E-state index in [1.807, 2.05) is 12.1 Å². The van der Waals surface area contributed by atoms with Crippen molar-refractivity contribution in [2.24, 2.45) is 5.92 Å². The van der Waals surface area contributed by atoms with Crippen LogP contribution in [0.3, 0.4) is 0 Å². The maximum absolute atomic E-state index is 12.9. The van der Waals surface area contributed by atoms with E-state index in [1.54, 1.807) is 45.2 Å². The summed E-state index contributed by atoms with van der Waals surface area (Å²) >= 11 is 0. The number of fused-ring (bicyclic) bond motifs is 1. The molecule has 140 valence electrons. The molecule has 1 unspecified atom stereocenters. The summed E-state index contributed by atoms with van der Waals surface area (Å²) in [4.78, 5) is 24.2. The Labute approximate surface area is 156 Å². The lowest BCUT2D eigenvalue weighted by molar-refractivity contribution is -0.147. The van der Waals surface area contributed by atoms with E-state index in [2.05, 4.69) is 0 Å². The number of methoxy groups -OCH3 is 1. The fourth-order valence-corrected chi connectivity index (χ4v) is 2.85. The van der Waals surface area contributed by atoms with Crippen LogP contribution in [0.5, 0.6) is 11.5 Å². The number of carbonyl (C=O) groups is 1. The molecule has 0 saturated heterocycles. The molecule has 0 aliphatic heterocycles. The van der Waals surface area contributed by atoms with Crippen molar-refractivity contribution in [3.05, 3.63) is 59.0 Å². The fraction of sp³-hybridized carbons (Fsp3) is 0.238. The summed E-state index contributed by atoms with van der Waals surface area (Å²) in [5.41, 5.74) is 1.15. The molecule has 1 aromatic heterocycles. The number of aliphatic carboxylic acids is 1. The molecule has 1 atom stereocenters. The van der Waals surface area contributed by atoms with Gasteiger partial charge in [0.15, 0.2) is 6.10 Å². The molecule has 0 bridgehead atoms. The lowest BCUT2D eigenvalue weighted by Crippen LogP contribution is -2.32. The average molecular weight is 368 g/mol. The van der Waals surface area contributed by atoms with Crippen molar-refractivity contribution in [3.8, 4) is 22.6 Å². The van der Waals surface area contributed by atoms with Gasteiger partial charge >= 0.3 is 5.97 Å². The minimum atomic E-state index is -1.04. The number of rotatable bonds is 6. The van der Waals surface area contributed by atoms with Gasteiger partial charge in [0, 0.05) is 17.5 Å². The zero-order chi connectivity index (χ0) is 19.6. The van der Waals surface area contributed by atoms with Crippen LogP contribution in [-0.2, 0) is 4.79 Å². The summed E-state index contributed by atoms with van der Waals surface area (Å²) in [6.45, 7) is 3.53. The van der Waals surface area contributed by atoms with E-state index in [9.17, 15) is 14.7 Å². The normalized spacial score (nSPS) is 12.1. The summed E-state index contributed by atoms with van der Waals surface area (Å²) in [6.07, 6.45) is 0.394. The van der Waals surface area contributed by atoms with Crippen LogP contribution in [0.2, 0.25) is 0 Å². The summed E-state index contributed by atoms with van der Waals surface area (Å²) in [5, 5.41) is 9.64. The molecule has 1 N–H and O–H groups in total. The first-order chi connectivity index (χ1) is 12.9. The van der Waals surface area contributed by atoms with Gasteiger partial charge in [0.05, 0.1) is 18.1 Å². The Morgan fingerprint density at radius 3 is 2.52 bits per heavy atom. The Kier molecular flexibility index (Phi) is 5.16. The van der Waals surface area contributed by atoms with Gasteiger partial charge in [0.25, 0.3) is 0 Å². The molecule has 0 aliphatic carbocycles. The molecule has 1 heterocycles. The van der Waals surface area contributed by atoms with Crippen molar-refractivity contribution in [1.82, 2.24) is 0 Å². The van der Waals surface area contributed by atoms with Crippen molar-refractivity contribution in [3.63, 3.8) is 0 Å². The molecule has 3 rings (SSSR count). The Bertz CT molecular complexity index is 1030. The van der Waals surface area contributed by atoms with Gasteiger partial charge in [-0.15, -0.1) is 0 Å². The van der Waals surface area contributed by atoms with E-state index < -0.39 is 12.1 Å². The molecule has 0 radical (unpaired) electrons. The lowest BCUT2D eigenvalue weighted by Gasteiger charge is -2.18. The highest BCUT2D eigenvalue weighted by atomic mass is 16.5. The monoisotopic (exact) mass is 368 g/mol. The second kappa shape index (κ2) is 7.53. The predicted octanol–water partition coefficient (Wildman–Crippen LogP) is 3.96. The SMILES string of the molecule is COc1ccccc1-c1coc2cc(OC(C(=O)O)C(C)C)ccc2c1=O. The number of hydrogen-bond donors (Lipinski definition) is 1. The van der Waals surface area contributed by atoms with E-state index in [0.29, 0.717) is 33.6 Å². The molecule has 3 aromatic rings. The highest BCUT2D eigenvalue weighted by Gasteiger charge is 2.24. The number of carboxylic acids is 1. The van der Waals surface area contributed by atoms with Crippen LogP contribution in [-0.4, -0.2) is 24.3 Å². The number of carboxylic acid groups (broad SMARTS) is 1. The van der Waals surface area contributed by atoms with Crippen LogP contribution in [0.25, 0.3) is 22.1 Å². The van der Waals surface area contributed by atoms with Crippen molar-refractivity contribution in [1.29, 1.82) is 0 Å². The van der Waals surface area contributed by atoms with Crippen LogP contribution in [0.15, 0.2) is 57.9 Å². The second-order valence-electron chi connectivity index (χ2n) is 6.46. The van der Waals surface area contributed by atoms with E-state index in [4.69, 9.17) is 13.9 Å². The highest BCUT2D eigenvalue weighted by molar-refractivity contribution is 5.84. The van der Waals surface area contributed by atoms with Crippen molar-refractivity contribution >= 4 is 16.9 Å². The van der Waals surface area contributed by atoms with Gasteiger partial charge in [0.2, 0.25) is 5.43 Å². The van der Waals surface area contributed by atoms with Crippen molar-refractivity contribution in [2.45, 2.75) is 20.0 Å². The minimum absolute atomic E-state index is 0.203. The lowest BCUT2D eigenvalue weighted by atomic mass is 10.0. The highest BCUT2D eigenvalue weighted by Crippen LogP contribution is 2.29. The first kappa shape index (κ1) is 18.5. The average Bonchev–Trinajstić information content (AvgIpc) is 2.66. The Morgan fingerprint density at radius 2 is 1.85 bits per heavy atom. The standard InChI is InChI=1S/C21H20O6/c1-12(2)20(21(23)24)27-13-8-9-15-18(10-13)26-11-16(19(15)22)14-6-4-5-7-17(14)25-3/h4-12,20H,1-3H3,(H,23,24). The maximum Gasteiger partial charge on any atom is 0.345 e. The number of para-hydroxylation sites is 1. The largest absolute Gasteiger partial charge is 0.496 e. The Balaban J connectivity index is 2.04. The molecule has 0 fully saturated rings. The van der Waals surface area contributed by atoms with Crippen LogP contribution in [0.1, 0.15) is 13.8 Å². The van der Waals surface area contributed by atoms with Gasteiger partial charge in [-0.05, 0) is 18.2 Å². The van der Waals surface area contributed by atoms with Crippen molar-refractivity contribution < 1.29 is 23.8 Å². The second-order valence-corrected chi connectivity index (χ2v) is 6.46. The smallest absolute Gasteiger partial charge is 0.345 e. The van der Waals surface area contributed by atoms with Gasteiger partial charge in [-0.2, -0.15) is 0 Å². The quantitative estimate of drug-likeness (QED) is 0.709. The Morgan fingerprint density at radius 1 is 1.11 bits per heavy atom. The topological polar surface area (TPSA) is 86.0 Å². The number of benzene rings is 2. The van der Waals surface area contributed by atoms with Gasteiger partial charge in [-0.25, -0.2) is 4.79 Å². The molecular weight excluding hydrogens is 348 g/mol. The number of hydrogen-bond acceptors (Lipinski definition) is 5. The third-order valence-corrected chi connectivity index (χ3v) is 4.26. The molecule has 0 spiro atoms. The summed E-state index contributed by atoms with van der Waals surface area (Å²) in [7, 11) is 1.54. The maximum atomic E-state index is 12.9. The summed E-state index contributed by atoms with van der Waals surface area (Å²) < 4.78 is 16.5. The first-order valence-electron chi connectivity index (χ1n) is 8.50. The predicted molar refractivity (Wildman–Crippen MR) is 101 cm³/mol. The molecule has 0 amide bonds. The van der Waals surface area contributed by atoms with Crippen LogP contribution in [0, 0.1) is 5.92 Å². The van der Waals surface area contributed by atoms with E-state index >= 15 is 0 Å². The zero-order valence-corrected chi connectivity index (χ0v) is 15.3. The Hall–Kier alpha value is -3.28. The van der Waals surface area contributed by atoms with E-state index in [1.165, 1.54) is 12.3 Å². The summed E-state index contributed by atoms with van der Waals surface area (Å²) in [5.74, 6) is -0.349. The van der Waals surface area contributed by atoms with Gasteiger partial charge in [0.1, 0.15) is 23.3 Å². The van der Waals surface area contributed by atoms with Crippen LogP contribution < -0.4 is 14.9 Å². The molecule has 27 heavy (non-hydrogen) atoms. The van der Waals surface area contributed by atoms with Gasteiger partial charge in [-0.3, -0.25) is 4.79 Å². The number of ether oxygens (including phenoxy) is 2. The zero-order valence-electron chi connectivity index (χ0n) is 15.3. The third kappa shape index (κ3) is 3.65. The van der Waals surface area contributed by atoms with Gasteiger partial charge in [-0.1, -0.05) is 32.0 Å². The molecule has 0 saturated carbocycles. The van der Waals surface area contributed by atoms with Gasteiger partial charge < -0.3 is 19.0 Å². The van der Waals surface area contributed by atoms with Crippen molar-refractivity contribution in [2.75, 3.05) is 7.11 Å². The van der Waals surface area contributed by atoms with E-state index in [0.717, 1.165) is 0 Å². The fourth-order valence-electron chi connectivity index (χ4n) is 2.85. The first-order valence-corrected chi connectivity index (χ1v) is 8.50. The molecular formula is C21H20O6. The molecule has 6 heteroatoms. The summed E-state index contributed by atoms with van der Waals surface area (Å²) in [6, 6.07) is 11.9. The third-order valence-electron chi connectivity index (χ3n) is 4.26. The molecule has 0 aliphatic rings. The molecule has 2 aromatic carbocycles. The van der Waals surface area contributed by atoms with Crippen LogP contribution >= 0.6 is 0 Å².